The standard InChI is InChI=1S/C13H28N2O5/c1-13(2,12(14)15-16)4-5-18-8-9-20-11-10-19-7-6-17-3/h16H,4-11H2,1-3H3,(H2,14,15). The van der Waals surface area contributed by atoms with Crippen molar-refractivity contribution in [1.29, 1.82) is 0 Å². The Balaban J connectivity index is 3.33. The van der Waals surface area contributed by atoms with E-state index in [2.05, 4.69) is 5.16 Å². The highest BCUT2D eigenvalue weighted by Gasteiger charge is 2.22. The molecule has 3 N–H and O–H groups in total. The molecule has 0 aliphatic heterocycles. The van der Waals surface area contributed by atoms with Crippen molar-refractivity contribution >= 4 is 5.84 Å². The molecule has 120 valence electrons. The van der Waals surface area contributed by atoms with Gasteiger partial charge in [0.2, 0.25) is 0 Å². The second kappa shape index (κ2) is 11.9. The minimum atomic E-state index is -0.370. The van der Waals surface area contributed by atoms with Crippen LogP contribution >= 0.6 is 0 Å². The zero-order valence-corrected chi connectivity index (χ0v) is 12.8. The highest BCUT2D eigenvalue weighted by molar-refractivity contribution is 5.85. The Kier molecular flexibility index (Phi) is 11.4. The number of hydrogen-bond donors (Lipinski definition) is 2. The molecular weight excluding hydrogens is 264 g/mol. The van der Waals surface area contributed by atoms with Gasteiger partial charge in [0.25, 0.3) is 0 Å². The summed E-state index contributed by atoms with van der Waals surface area (Å²) in [6, 6.07) is 0. The first-order chi connectivity index (χ1) is 9.54. The summed E-state index contributed by atoms with van der Waals surface area (Å²) in [4.78, 5) is 0. The molecule has 0 saturated carbocycles. The largest absolute Gasteiger partial charge is 0.409 e. The number of ether oxygens (including phenoxy) is 4. The second-order valence-electron chi connectivity index (χ2n) is 4.95. The Bertz CT molecular complexity index is 259. The molecule has 0 spiro atoms. The molecule has 0 aliphatic rings. The Hall–Kier alpha value is -0.890. The summed E-state index contributed by atoms with van der Waals surface area (Å²) in [7, 11) is 1.64. The lowest BCUT2D eigenvalue weighted by molar-refractivity contribution is 0.00170. The van der Waals surface area contributed by atoms with Gasteiger partial charge in [0.1, 0.15) is 5.84 Å². The lowest BCUT2D eigenvalue weighted by Gasteiger charge is -2.22. The Morgan fingerprint density at radius 1 is 0.950 bits per heavy atom. The first-order valence-corrected chi connectivity index (χ1v) is 6.74. The molecule has 0 heterocycles. The minimum absolute atomic E-state index is 0.213. The first kappa shape index (κ1) is 19.1. The fourth-order valence-electron chi connectivity index (χ4n) is 1.27. The maximum atomic E-state index is 8.63. The van der Waals surface area contributed by atoms with E-state index in [-0.39, 0.29) is 11.3 Å². The molecule has 0 fully saturated rings. The van der Waals surface area contributed by atoms with Crippen molar-refractivity contribution in [2.45, 2.75) is 20.3 Å². The lowest BCUT2D eigenvalue weighted by Crippen LogP contribution is -2.33. The topological polar surface area (TPSA) is 95.5 Å². The van der Waals surface area contributed by atoms with Crippen molar-refractivity contribution in [3.8, 4) is 0 Å². The van der Waals surface area contributed by atoms with Gasteiger partial charge < -0.3 is 29.9 Å². The molecule has 20 heavy (non-hydrogen) atoms. The van der Waals surface area contributed by atoms with Crippen LogP contribution in [0, 0.1) is 5.41 Å². The molecule has 7 nitrogen and oxygen atoms in total. The van der Waals surface area contributed by atoms with Crippen molar-refractivity contribution in [2.75, 3.05) is 53.4 Å². The van der Waals surface area contributed by atoms with Gasteiger partial charge in [-0.05, 0) is 6.42 Å². The summed E-state index contributed by atoms with van der Waals surface area (Å²) < 4.78 is 20.9. The second-order valence-corrected chi connectivity index (χ2v) is 4.95. The van der Waals surface area contributed by atoms with Gasteiger partial charge in [0.05, 0.1) is 39.6 Å². The van der Waals surface area contributed by atoms with Crippen molar-refractivity contribution in [3.63, 3.8) is 0 Å². The molecule has 0 aromatic rings. The van der Waals surface area contributed by atoms with Gasteiger partial charge in [-0.3, -0.25) is 0 Å². The molecule has 7 heteroatoms. The zero-order valence-electron chi connectivity index (χ0n) is 12.8. The minimum Gasteiger partial charge on any atom is -0.409 e. The zero-order chi connectivity index (χ0) is 15.3. The summed E-state index contributed by atoms with van der Waals surface area (Å²) in [5, 5.41) is 11.7. The summed E-state index contributed by atoms with van der Waals surface area (Å²) in [6.45, 7) is 7.67. The van der Waals surface area contributed by atoms with Gasteiger partial charge in [-0.1, -0.05) is 19.0 Å². The number of nitrogens with zero attached hydrogens (tertiary/aromatic N) is 1. The third kappa shape index (κ3) is 9.96. The average molecular weight is 292 g/mol. The van der Waals surface area contributed by atoms with Crippen LogP contribution in [0.3, 0.4) is 0 Å². The Labute approximate surface area is 121 Å². The summed E-state index contributed by atoms with van der Waals surface area (Å²) in [5.41, 5.74) is 5.21. The molecule has 0 saturated heterocycles. The smallest absolute Gasteiger partial charge is 0.144 e. The summed E-state index contributed by atoms with van der Waals surface area (Å²) in [5.74, 6) is 0.213. The third-order valence-corrected chi connectivity index (χ3v) is 2.85. The van der Waals surface area contributed by atoms with E-state index in [1.54, 1.807) is 7.11 Å². The fraction of sp³-hybridized carbons (Fsp3) is 0.923. The van der Waals surface area contributed by atoms with E-state index in [0.29, 0.717) is 52.7 Å². The van der Waals surface area contributed by atoms with Crippen LogP contribution in [0.25, 0.3) is 0 Å². The summed E-state index contributed by atoms with van der Waals surface area (Å²) in [6.07, 6.45) is 0.684. The Morgan fingerprint density at radius 2 is 1.40 bits per heavy atom. The first-order valence-electron chi connectivity index (χ1n) is 6.74. The third-order valence-electron chi connectivity index (χ3n) is 2.85. The van der Waals surface area contributed by atoms with Gasteiger partial charge in [0, 0.05) is 19.1 Å². The number of rotatable bonds is 13. The monoisotopic (exact) mass is 292 g/mol. The van der Waals surface area contributed by atoms with E-state index in [1.807, 2.05) is 13.8 Å². The number of nitrogens with two attached hydrogens (primary N) is 1. The van der Waals surface area contributed by atoms with Gasteiger partial charge in [0.15, 0.2) is 0 Å². The van der Waals surface area contributed by atoms with Crippen LogP contribution in [0.5, 0.6) is 0 Å². The average Bonchev–Trinajstić information content (AvgIpc) is 2.43. The van der Waals surface area contributed by atoms with Crippen LogP contribution in [-0.2, 0) is 18.9 Å². The fourth-order valence-corrected chi connectivity index (χ4v) is 1.27. The Morgan fingerprint density at radius 3 is 1.85 bits per heavy atom. The van der Waals surface area contributed by atoms with Crippen LogP contribution in [0.15, 0.2) is 5.16 Å². The summed E-state index contributed by atoms with van der Waals surface area (Å²) >= 11 is 0. The van der Waals surface area contributed by atoms with E-state index in [0.717, 1.165) is 0 Å². The van der Waals surface area contributed by atoms with Crippen LogP contribution in [0.1, 0.15) is 20.3 Å². The van der Waals surface area contributed by atoms with Gasteiger partial charge in [-0.25, -0.2) is 0 Å². The van der Waals surface area contributed by atoms with E-state index < -0.39 is 0 Å². The number of oxime groups is 1. The molecule has 0 aliphatic carbocycles. The molecule has 0 bridgehead atoms. The van der Waals surface area contributed by atoms with E-state index in [1.165, 1.54) is 0 Å². The molecule has 0 unspecified atom stereocenters. The van der Waals surface area contributed by atoms with Crippen molar-refractivity contribution < 1.29 is 24.2 Å². The molecule has 0 radical (unpaired) electrons. The van der Waals surface area contributed by atoms with Crippen LogP contribution in [0.2, 0.25) is 0 Å². The quantitative estimate of drug-likeness (QED) is 0.172. The predicted octanol–water partition coefficient (Wildman–Crippen LogP) is 0.845. The highest BCUT2D eigenvalue weighted by atomic mass is 16.6. The molecular formula is C13H28N2O5. The highest BCUT2D eigenvalue weighted by Crippen LogP contribution is 2.19. The van der Waals surface area contributed by atoms with E-state index in [4.69, 9.17) is 29.9 Å². The van der Waals surface area contributed by atoms with Crippen molar-refractivity contribution in [2.24, 2.45) is 16.3 Å². The van der Waals surface area contributed by atoms with E-state index >= 15 is 0 Å². The SMILES string of the molecule is COCCOCCOCCOCCC(C)(C)C(N)=NO. The predicted molar refractivity (Wildman–Crippen MR) is 76.1 cm³/mol. The number of amidine groups is 1. The molecule has 0 amide bonds. The number of hydrogen-bond acceptors (Lipinski definition) is 6. The van der Waals surface area contributed by atoms with Gasteiger partial charge in [-0.2, -0.15) is 0 Å². The van der Waals surface area contributed by atoms with Crippen molar-refractivity contribution in [3.05, 3.63) is 0 Å². The molecule has 0 aromatic carbocycles. The van der Waals surface area contributed by atoms with Crippen LogP contribution in [-0.4, -0.2) is 64.4 Å². The van der Waals surface area contributed by atoms with Crippen LogP contribution in [0.4, 0.5) is 0 Å². The normalized spacial score (nSPS) is 12.8. The molecule has 0 aromatic heterocycles. The maximum Gasteiger partial charge on any atom is 0.144 e. The van der Waals surface area contributed by atoms with E-state index in [9.17, 15) is 0 Å². The lowest BCUT2D eigenvalue weighted by atomic mass is 9.88. The molecule has 0 rings (SSSR count). The van der Waals surface area contributed by atoms with Crippen molar-refractivity contribution in [1.82, 2.24) is 0 Å². The van der Waals surface area contributed by atoms with Gasteiger partial charge in [-0.15, -0.1) is 0 Å². The van der Waals surface area contributed by atoms with Crippen LogP contribution < -0.4 is 5.73 Å². The van der Waals surface area contributed by atoms with Gasteiger partial charge >= 0.3 is 0 Å². The molecule has 0 atom stereocenters. The maximum absolute atomic E-state index is 8.63. The number of methoxy groups -OCH3 is 1.